The van der Waals surface area contributed by atoms with Crippen molar-refractivity contribution in [2.45, 2.75) is 4.90 Å². The van der Waals surface area contributed by atoms with E-state index in [1.54, 1.807) is 0 Å². The van der Waals surface area contributed by atoms with Crippen molar-refractivity contribution < 1.29 is 17.6 Å². The summed E-state index contributed by atoms with van der Waals surface area (Å²) in [5.74, 6) is -1.66. The van der Waals surface area contributed by atoms with Gasteiger partial charge in [0.2, 0.25) is 0 Å². The molecule has 0 saturated carbocycles. The fourth-order valence-corrected chi connectivity index (χ4v) is 2.82. The van der Waals surface area contributed by atoms with Gasteiger partial charge in [0.15, 0.2) is 15.8 Å². The van der Waals surface area contributed by atoms with E-state index in [0.717, 1.165) is 6.26 Å². The molecule has 10 heteroatoms. The maximum absolute atomic E-state index is 12.9. The zero-order chi connectivity index (χ0) is 17.9. The van der Waals surface area contributed by atoms with E-state index >= 15 is 0 Å². The highest BCUT2D eigenvalue weighted by Gasteiger charge is 2.17. The molecule has 2 rings (SSSR count). The fourth-order valence-electron chi connectivity index (χ4n) is 1.96. The third-order valence-electron chi connectivity index (χ3n) is 3.01. The summed E-state index contributed by atoms with van der Waals surface area (Å²) in [6.07, 6.45) is 1.00. The quantitative estimate of drug-likeness (QED) is 0.472. The first kappa shape index (κ1) is 20.4. The molecule has 0 aromatic heterocycles. The third kappa shape index (κ3) is 5.44. The lowest BCUT2D eigenvalue weighted by Crippen LogP contribution is -2.35. The molecule has 0 radical (unpaired) electrons. The Morgan fingerprint density at radius 3 is 2.28 bits per heavy atom. The van der Waals surface area contributed by atoms with Gasteiger partial charge in [-0.2, -0.15) is 0 Å². The van der Waals surface area contributed by atoms with Crippen molar-refractivity contribution in [2.24, 2.45) is 5.73 Å². The standard InChI is InChI=1S/C15H15FN4O3S.ClH/c1-24(22,23)13-8-9(14(21)20-15(17)18)2-7-12(13)19-11-5-3-10(16)4-6-11;/h2-8,19H,1H3,(H4,17,18,20,21);1H. The number of nitrogens with one attached hydrogen (secondary N) is 3. The molecule has 5 N–H and O–H groups in total. The molecule has 0 aliphatic rings. The number of carbonyl (C=O) groups excluding carboxylic acids is 1. The van der Waals surface area contributed by atoms with Crippen LogP contribution in [0.5, 0.6) is 0 Å². The summed E-state index contributed by atoms with van der Waals surface area (Å²) in [6.45, 7) is 0. The van der Waals surface area contributed by atoms with Gasteiger partial charge in [-0.25, -0.2) is 12.8 Å². The summed E-state index contributed by atoms with van der Waals surface area (Å²) in [7, 11) is -3.65. The van der Waals surface area contributed by atoms with Crippen LogP contribution in [0.4, 0.5) is 15.8 Å². The summed E-state index contributed by atoms with van der Waals surface area (Å²) in [6, 6.07) is 9.36. The first-order valence-corrected chi connectivity index (χ1v) is 8.58. The summed E-state index contributed by atoms with van der Waals surface area (Å²) >= 11 is 0. The zero-order valence-corrected chi connectivity index (χ0v) is 14.7. The molecule has 2 aromatic rings. The van der Waals surface area contributed by atoms with Crippen LogP contribution in [-0.4, -0.2) is 26.5 Å². The van der Waals surface area contributed by atoms with Crippen molar-refractivity contribution >= 4 is 45.5 Å². The predicted molar refractivity (Wildman–Crippen MR) is 95.9 cm³/mol. The molecular formula is C15H16ClFN4O3S. The Kier molecular flexibility index (Phi) is 6.49. The molecule has 0 fully saturated rings. The minimum atomic E-state index is -3.65. The van der Waals surface area contributed by atoms with Crippen molar-refractivity contribution in [3.8, 4) is 0 Å². The number of benzene rings is 2. The van der Waals surface area contributed by atoms with E-state index < -0.39 is 27.5 Å². The number of hydrogen-bond acceptors (Lipinski definition) is 5. The van der Waals surface area contributed by atoms with Crippen molar-refractivity contribution in [2.75, 3.05) is 11.6 Å². The molecule has 0 saturated heterocycles. The molecular weight excluding hydrogens is 371 g/mol. The van der Waals surface area contributed by atoms with Gasteiger partial charge in [-0.15, -0.1) is 12.4 Å². The second kappa shape index (κ2) is 7.95. The van der Waals surface area contributed by atoms with Crippen LogP contribution in [0.3, 0.4) is 0 Å². The van der Waals surface area contributed by atoms with Crippen LogP contribution in [-0.2, 0) is 9.84 Å². The number of carbonyl (C=O) groups is 1. The maximum atomic E-state index is 12.9. The molecule has 134 valence electrons. The normalized spacial score (nSPS) is 10.5. The molecule has 0 atom stereocenters. The van der Waals surface area contributed by atoms with Gasteiger partial charge in [0.25, 0.3) is 5.91 Å². The van der Waals surface area contributed by atoms with E-state index in [-0.39, 0.29) is 28.6 Å². The van der Waals surface area contributed by atoms with Gasteiger partial charge in [0.1, 0.15) is 5.82 Å². The van der Waals surface area contributed by atoms with Crippen molar-refractivity contribution in [1.82, 2.24) is 5.32 Å². The molecule has 0 aliphatic carbocycles. The largest absolute Gasteiger partial charge is 0.370 e. The van der Waals surface area contributed by atoms with Gasteiger partial charge < -0.3 is 11.1 Å². The molecule has 0 spiro atoms. The molecule has 0 bridgehead atoms. The number of halogens is 2. The maximum Gasteiger partial charge on any atom is 0.257 e. The molecule has 0 heterocycles. The third-order valence-corrected chi connectivity index (χ3v) is 4.15. The van der Waals surface area contributed by atoms with Crippen LogP contribution >= 0.6 is 12.4 Å². The Labute approximate surface area is 150 Å². The number of hydrogen-bond donors (Lipinski definition) is 4. The molecule has 2 aromatic carbocycles. The van der Waals surface area contributed by atoms with Crippen LogP contribution in [0.1, 0.15) is 10.4 Å². The van der Waals surface area contributed by atoms with Gasteiger partial charge >= 0.3 is 0 Å². The summed E-state index contributed by atoms with van der Waals surface area (Å²) in [5, 5.41) is 12.0. The highest BCUT2D eigenvalue weighted by molar-refractivity contribution is 7.90. The van der Waals surface area contributed by atoms with Gasteiger partial charge in [-0.3, -0.25) is 15.5 Å². The smallest absolute Gasteiger partial charge is 0.257 e. The predicted octanol–water partition coefficient (Wildman–Crippen LogP) is 2.02. The SMILES string of the molecule is CS(=O)(=O)c1cc(C(=O)NC(=N)N)ccc1Nc1ccc(F)cc1.Cl. The van der Waals surface area contributed by atoms with Crippen molar-refractivity contribution in [3.05, 3.63) is 53.8 Å². The number of nitrogens with two attached hydrogens (primary N) is 1. The molecule has 7 nitrogen and oxygen atoms in total. The second-order valence-corrected chi connectivity index (χ2v) is 6.97. The van der Waals surface area contributed by atoms with Crippen LogP contribution in [0.2, 0.25) is 0 Å². The monoisotopic (exact) mass is 386 g/mol. The lowest BCUT2D eigenvalue weighted by atomic mass is 10.2. The van der Waals surface area contributed by atoms with E-state index in [4.69, 9.17) is 11.1 Å². The van der Waals surface area contributed by atoms with Gasteiger partial charge in [0.05, 0.1) is 10.6 Å². The average Bonchev–Trinajstić information content (AvgIpc) is 2.48. The Morgan fingerprint density at radius 2 is 1.76 bits per heavy atom. The van der Waals surface area contributed by atoms with Crippen molar-refractivity contribution in [3.63, 3.8) is 0 Å². The van der Waals surface area contributed by atoms with E-state index in [2.05, 4.69) is 10.6 Å². The topological polar surface area (TPSA) is 125 Å². The molecule has 0 unspecified atom stereocenters. The second-order valence-electron chi connectivity index (χ2n) is 4.98. The summed E-state index contributed by atoms with van der Waals surface area (Å²) in [4.78, 5) is 11.7. The minimum absolute atomic E-state index is 0. The summed E-state index contributed by atoms with van der Waals surface area (Å²) in [5.41, 5.74) is 5.85. The Hall–Kier alpha value is -2.65. The molecule has 0 aliphatic heterocycles. The van der Waals surface area contributed by atoms with Crippen molar-refractivity contribution in [1.29, 1.82) is 5.41 Å². The van der Waals surface area contributed by atoms with Crippen LogP contribution < -0.4 is 16.4 Å². The van der Waals surface area contributed by atoms with Gasteiger partial charge in [-0.1, -0.05) is 0 Å². The fraction of sp³-hybridized carbons (Fsp3) is 0.0667. The lowest BCUT2D eigenvalue weighted by molar-refractivity contribution is 0.0976. The van der Waals surface area contributed by atoms with Gasteiger partial charge in [-0.05, 0) is 42.5 Å². The van der Waals surface area contributed by atoms with E-state index in [9.17, 15) is 17.6 Å². The summed E-state index contributed by atoms with van der Waals surface area (Å²) < 4.78 is 36.9. The van der Waals surface area contributed by atoms with Crippen LogP contribution in [0.25, 0.3) is 0 Å². The zero-order valence-electron chi connectivity index (χ0n) is 13.0. The van der Waals surface area contributed by atoms with Crippen LogP contribution in [0.15, 0.2) is 47.4 Å². The number of sulfone groups is 1. The average molecular weight is 387 g/mol. The Bertz CT molecular complexity index is 901. The Balaban J connectivity index is 0.00000312. The van der Waals surface area contributed by atoms with E-state index in [0.29, 0.717) is 5.69 Å². The number of guanidine groups is 1. The first-order chi connectivity index (χ1) is 11.2. The number of anilines is 2. The Morgan fingerprint density at radius 1 is 1.16 bits per heavy atom. The minimum Gasteiger partial charge on any atom is -0.370 e. The molecule has 1 amide bonds. The van der Waals surface area contributed by atoms with E-state index in [1.165, 1.54) is 42.5 Å². The first-order valence-electron chi connectivity index (χ1n) is 6.69. The molecule has 25 heavy (non-hydrogen) atoms. The van der Waals surface area contributed by atoms with Gasteiger partial charge in [0, 0.05) is 17.5 Å². The highest BCUT2D eigenvalue weighted by Crippen LogP contribution is 2.26. The lowest BCUT2D eigenvalue weighted by Gasteiger charge is -2.13. The number of rotatable bonds is 4. The van der Waals surface area contributed by atoms with Crippen LogP contribution in [0, 0.1) is 11.2 Å². The highest BCUT2D eigenvalue weighted by atomic mass is 35.5. The van der Waals surface area contributed by atoms with E-state index in [1.807, 2.05) is 0 Å². The number of amides is 1.